The fourth-order valence-electron chi connectivity index (χ4n) is 5.23. The largest absolute Gasteiger partial charge is 0.382 e. The zero-order valence-electron chi connectivity index (χ0n) is 19.2. The maximum Gasteiger partial charge on any atom is 0.346 e. The highest BCUT2D eigenvalue weighted by molar-refractivity contribution is 7.22. The summed E-state index contributed by atoms with van der Waals surface area (Å²) in [5.41, 5.74) is 10.2. The summed E-state index contributed by atoms with van der Waals surface area (Å²) >= 11 is 3.33. The van der Waals surface area contributed by atoms with Gasteiger partial charge in [-0.15, -0.1) is 11.3 Å². The van der Waals surface area contributed by atoms with Gasteiger partial charge >= 0.3 is 5.91 Å². The molecule has 6 nitrogen and oxygen atoms in total. The first-order chi connectivity index (χ1) is 16.5. The number of anilines is 1. The third-order valence-electron chi connectivity index (χ3n) is 7.23. The van der Waals surface area contributed by atoms with Crippen LogP contribution in [0.3, 0.4) is 0 Å². The van der Waals surface area contributed by atoms with Crippen molar-refractivity contribution in [3.05, 3.63) is 70.4 Å². The van der Waals surface area contributed by atoms with Gasteiger partial charge in [0.05, 0.1) is 30.6 Å². The Morgan fingerprint density at radius 3 is 2.74 bits per heavy atom. The molecule has 0 atom stereocenters. The molecule has 6 rings (SSSR count). The van der Waals surface area contributed by atoms with Crippen molar-refractivity contribution in [2.75, 3.05) is 25.9 Å². The second kappa shape index (κ2) is 8.01. The maximum atomic E-state index is 13.1. The van der Waals surface area contributed by atoms with Crippen LogP contribution in [0.4, 0.5) is 5.82 Å². The van der Waals surface area contributed by atoms with E-state index in [9.17, 15) is 4.79 Å². The minimum atomic E-state index is 0.211. The lowest BCUT2D eigenvalue weighted by molar-refractivity contribution is -0.834. The number of quaternary nitrogens is 1. The number of benzene rings is 1. The lowest BCUT2D eigenvalue weighted by Crippen LogP contribution is -2.53. The van der Waals surface area contributed by atoms with Crippen molar-refractivity contribution < 1.29 is 9.28 Å². The topological polar surface area (TPSA) is 73.3 Å². The number of nitrogen functional groups attached to an aromatic ring is 1. The molecule has 0 radical (unpaired) electrons. The number of hydrogen-bond acceptors (Lipinski definition) is 6. The molecule has 0 spiro atoms. The van der Waals surface area contributed by atoms with Crippen LogP contribution in [0.25, 0.3) is 26.2 Å². The van der Waals surface area contributed by atoms with E-state index in [1.54, 1.807) is 28.9 Å². The van der Waals surface area contributed by atoms with Gasteiger partial charge in [-0.25, -0.2) is 14.8 Å². The molecule has 1 aliphatic rings. The first kappa shape index (κ1) is 21.5. The van der Waals surface area contributed by atoms with Crippen LogP contribution in [0.5, 0.6) is 0 Å². The smallest absolute Gasteiger partial charge is 0.346 e. The van der Waals surface area contributed by atoms with Crippen LogP contribution in [0.1, 0.15) is 40.5 Å². The van der Waals surface area contributed by atoms with E-state index in [2.05, 4.69) is 47.6 Å². The van der Waals surface area contributed by atoms with E-state index in [0.717, 1.165) is 53.4 Å². The highest BCUT2D eigenvalue weighted by Crippen LogP contribution is 2.42. The van der Waals surface area contributed by atoms with Gasteiger partial charge in [-0.1, -0.05) is 18.2 Å². The van der Waals surface area contributed by atoms with Crippen LogP contribution in [0.2, 0.25) is 0 Å². The Balaban J connectivity index is 1.39. The summed E-state index contributed by atoms with van der Waals surface area (Å²) < 4.78 is 3.82. The molecule has 4 aromatic heterocycles. The summed E-state index contributed by atoms with van der Waals surface area (Å²) in [6.07, 6.45) is 5.52. The molecule has 0 aliphatic carbocycles. The second-order valence-corrected chi connectivity index (χ2v) is 11.2. The number of hydrogen-bond donors (Lipinski definition) is 1. The highest BCUT2D eigenvalue weighted by Gasteiger charge is 2.39. The number of carbonyl (C=O) groups is 1. The molecule has 8 heteroatoms. The molecule has 0 saturated carbocycles. The third kappa shape index (κ3) is 3.28. The van der Waals surface area contributed by atoms with Crippen molar-refractivity contribution in [1.29, 1.82) is 0 Å². The van der Waals surface area contributed by atoms with E-state index in [4.69, 9.17) is 10.7 Å². The lowest BCUT2D eigenvalue weighted by Gasteiger charge is -2.37. The summed E-state index contributed by atoms with van der Waals surface area (Å²) in [7, 11) is 2.06. The van der Waals surface area contributed by atoms with Crippen LogP contribution in [-0.4, -0.2) is 44.9 Å². The number of carbonyl (C=O) groups excluding carboxylic acids is 1. The molecule has 34 heavy (non-hydrogen) atoms. The summed E-state index contributed by atoms with van der Waals surface area (Å²) in [6, 6.07) is 10.4. The van der Waals surface area contributed by atoms with Crippen molar-refractivity contribution in [3.63, 3.8) is 0 Å². The zero-order chi connectivity index (χ0) is 23.4. The van der Waals surface area contributed by atoms with Gasteiger partial charge in [-0.2, -0.15) is 11.3 Å². The van der Waals surface area contributed by atoms with Gasteiger partial charge in [-0.05, 0) is 35.4 Å². The Bertz CT molecular complexity index is 1520. The fourth-order valence-corrected chi connectivity index (χ4v) is 7.06. The summed E-state index contributed by atoms with van der Waals surface area (Å²) in [4.78, 5) is 23.9. The van der Waals surface area contributed by atoms with E-state index in [1.807, 2.05) is 23.0 Å². The zero-order valence-corrected chi connectivity index (χ0v) is 20.8. The fraction of sp³-hybridized carbons (Fsp3) is 0.269. The maximum absolute atomic E-state index is 13.1. The molecule has 1 aliphatic heterocycles. The van der Waals surface area contributed by atoms with Crippen LogP contribution < -0.4 is 5.73 Å². The Kier molecular flexibility index (Phi) is 5.05. The minimum absolute atomic E-state index is 0.211. The molecule has 5 aromatic rings. The van der Waals surface area contributed by atoms with Gasteiger partial charge in [0.15, 0.2) is 0 Å². The van der Waals surface area contributed by atoms with E-state index < -0.39 is 0 Å². The molecule has 2 N–H and O–H groups in total. The number of piperidine rings is 1. The first-order valence-corrected chi connectivity index (χ1v) is 13.2. The Morgan fingerprint density at radius 1 is 1.21 bits per heavy atom. The highest BCUT2D eigenvalue weighted by atomic mass is 32.1. The molecule has 5 heterocycles. The summed E-state index contributed by atoms with van der Waals surface area (Å²) in [6.45, 7) is 3.75. The summed E-state index contributed by atoms with van der Waals surface area (Å²) in [5.74, 6) is 1.99. The molecule has 0 bridgehead atoms. The van der Waals surface area contributed by atoms with Crippen molar-refractivity contribution >= 4 is 50.0 Å². The van der Waals surface area contributed by atoms with Gasteiger partial charge in [-0.3, -0.25) is 8.88 Å². The monoisotopic (exact) mass is 488 g/mol. The number of imidazole rings is 1. The number of amides is 1. The normalized spacial score (nSPS) is 20.8. The predicted molar refractivity (Wildman–Crippen MR) is 139 cm³/mol. The van der Waals surface area contributed by atoms with Crippen LogP contribution in [0, 0.1) is 6.92 Å². The van der Waals surface area contributed by atoms with Gasteiger partial charge in [0, 0.05) is 41.2 Å². The molecule has 172 valence electrons. The first-order valence-electron chi connectivity index (χ1n) is 11.5. The number of nitrogens with two attached hydrogens (primary N) is 1. The minimum Gasteiger partial charge on any atom is -0.382 e. The Morgan fingerprint density at radius 2 is 2.00 bits per heavy atom. The van der Waals surface area contributed by atoms with Crippen molar-refractivity contribution in [2.24, 2.45) is 0 Å². The van der Waals surface area contributed by atoms with Gasteiger partial charge < -0.3 is 5.73 Å². The molecule has 0 unspecified atom stereocenters. The second-order valence-electron chi connectivity index (χ2n) is 9.34. The molecular formula is C26H26N5OS2+. The lowest BCUT2D eigenvalue weighted by atomic mass is 9.94. The van der Waals surface area contributed by atoms with Crippen molar-refractivity contribution in [3.8, 4) is 10.6 Å². The van der Waals surface area contributed by atoms with Gasteiger partial charge in [0.25, 0.3) is 0 Å². The number of aryl methyl sites for hydroxylation is 1. The van der Waals surface area contributed by atoms with E-state index in [1.165, 1.54) is 15.6 Å². The van der Waals surface area contributed by atoms with Crippen molar-refractivity contribution in [2.45, 2.75) is 25.7 Å². The Labute approximate surface area is 205 Å². The van der Waals surface area contributed by atoms with E-state index >= 15 is 0 Å². The molecule has 1 amide bonds. The average molecular weight is 489 g/mol. The van der Waals surface area contributed by atoms with E-state index in [-0.39, 0.29) is 11.8 Å². The number of likely N-dealkylation sites (tertiary alicyclic amines) is 1. The molecular weight excluding hydrogens is 462 g/mol. The standard InChI is InChI=1S/C26H26N5OS2/c1-16-19-5-3-4-6-20(19)34-23(16)21-22-24(27)28-10-11-30(22)25(29-21)17-7-12-31(2,13-8-17)26(32)18-9-14-33-15-18/h3-6,9-11,14-15,17H,7-8,12-13H2,1-2H3,(H2,27,28)/q+1. The number of fused-ring (bicyclic) bond motifs is 2. The molecule has 1 saturated heterocycles. The summed E-state index contributed by atoms with van der Waals surface area (Å²) in [5, 5.41) is 5.18. The Hall–Kier alpha value is -3.07. The molecule has 1 aromatic carbocycles. The average Bonchev–Trinajstić information content (AvgIpc) is 3.58. The predicted octanol–water partition coefficient (Wildman–Crippen LogP) is 5.73. The number of aromatic nitrogens is 3. The number of rotatable bonds is 3. The van der Waals surface area contributed by atoms with Crippen LogP contribution in [0.15, 0.2) is 53.5 Å². The van der Waals surface area contributed by atoms with Gasteiger partial charge in [0.1, 0.15) is 22.9 Å². The van der Waals surface area contributed by atoms with Crippen LogP contribution in [-0.2, 0) is 0 Å². The number of thiophene rings is 2. The van der Waals surface area contributed by atoms with Crippen LogP contribution >= 0.6 is 22.7 Å². The van der Waals surface area contributed by atoms with Gasteiger partial charge in [0.2, 0.25) is 0 Å². The van der Waals surface area contributed by atoms with Crippen molar-refractivity contribution in [1.82, 2.24) is 14.4 Å². The quantitative estimate of drug-likeness (QED) is 0.329. The molecule has 1 fully saturated rings. The number of nitrogens with zero attached hydrogens (tertiary/aromatic N) is 4. The SMILES string of the molecule is Cc1c(-c2nc(C3CC[N+](C)(C(=O)c4ccsc4)CC3)n3ccnc(N)c23)sc2ccccc12. The van der Waals surface area contributed by atoms with E-state index in [0.29, 0.717) is 10.3 Å². The third-order valence-corrected chi connectivity index (χ3v) is 9.20.